The highest BCUT2D eigenvalue weighted by atomic mass is 35.5. The molecule has 0 unspecified atom stereocenters. The molecule has 2 N–H and O–H groups in total. The van der Waals surface area contributed by atoms with Crippen LogP contribution < -0.4 is 5.32 Å². The number of benzene rings is 2. The number of aromatic nitrogens is 4. The van der Waals surface area contributed by atoms with Crippen LogP contribution in [0.2, 0.25) is 10.0 Å². The molecule has 2 aromatic carbocycles. The third-order valence-corrected chi connectivity index (χ3v) is 5.59. The van der Waals surface area contributed by atoms with E-state index in [0.717, 1.165) is 22.0 Å². The topological polar surface area (TPSA) is 83.6 Å². The van der Waals surface area contributed by atoms with E-state index in [1.807, 2.05) is 30.3 Å². The van der Waals surface area contributed by atoms with Crippen molar-refractivity contribution in [2.75, 3.05) is 12.3 Å². The fraction of sp³-hybridized carbons (Fsp3) is 0.158. The average molecular weight is 432 g/mol. The molecule has 4 rings (SSSR count). The van der Waals surface area contributed by atoms with E-state index in [9.17, 15) is 4.79 Å². The minimum Gasteiger partial charge on any atom is -0.355 e. The molecule has 2 aromatic heterocycles. The Hall–Kier alpha value is -2.35. The standard InChI is InChI=1S/C19H15Cl2N5OS/c20-12-6-5-11(14(21)9-12)7-8-22-16(27)10-28-19-24-18-17(25-26-19)13-3-1-2-4-15(13)23-18/h1-6,9H,7-8,10H2,(H,22,27)(H,23,24,26). The maximum absolute atomic E-state index is 12.1. The molecule has 0 aliphatic carbocycles. The zero-order valence-corrected chi connectivity index (χ0v) is 16.9. The molecule has 2 heterocycles. The zero-order chi connectivity index (χ0) is 19.5. The quantitative estimate of drug-likeness (QED) is 0.445. The van der Waals surface area contributed by atoms with Crippen molar-refractivity contribution in [3.8, 4) is 0 Å². The van der Waals surface area contributed by atoms with Crippen LogP contribution in [-0.2, 0) is 11.2 Å². The number of carbonyl (C=O) groups is 1. The van der Waals surface area contributed by atoms with Gasteiger partial charge in [-0.2, -0.15) is 0 Å². The first-order chi connectivity index (χ1) is 13.6. The first kappa shape index (κ1) is 19.0. The van der Waals surface area contributed by atoms with Crippen LogP contribution in [0.25, 0.3) is 22.1 Å². The number of fused-ring (bicyclic) bond motifs is 3. The Balaban J connectivity index is 1.32. The number of thioether (sulfide) groups is 1. The van der Waals surface area contributed by atoms with Crippen molar-refractivity contribution in [2.24, 2.45) is 0 Å². The number of amides is 1. The molecule has 6 nitrogen and oxygen atoms in total. The molecule has 0 spiro atoms. The third-order valence-electron chi connectivity index (χ3n) is 4.17. The van der Waals surface area contributed by atoms with Crippen LogP contribution in [0.1, 0.15) is 5.56 Å². The molecule has 0 radical (unpaired) electrons. The van der Waals surface area contributed by atoms with Crippen molar-refractivity contribution in [1.29, 1.82) is 0 Å². The molecule has 0 aliphatic heterocycles. The fourth-order valence-electron chi connectivity index (χ4n) is 2.81. The number of carbonyl (C=O) groups excluding carboxylic acids is 1. The Morgan fingerprint density at radius 2 is 2.00 bits per heavy atom. The van der Waals surface area contributed by atoms with Crippen molar-refractivity contribution in [2.45, 2.75) is 11.6 Å². The summed E-state index contributed by atoms with van der Waals surface area (Å²) < 4.78 is 0. The SMILES string of the molecule is O=C(CSc1nnc2c(n1)[nH]c1ccccc12)NCCc1ccc(Cl)cc1Cl. The maximum atomic E-state index is 12.1. The Kier molecular flexibility index (Phi) is 5.66. The molecular formula is C19H15Cl2N5OS. The van der Waals surface area contributed by atoms with E-state index in [4.69, 9.17) is 23.2 Å². The summed E-state index contributed by atoms with van der Waals surface area (Å²) in [5.74, 6) is 0.109. The van der Waals surface area contributed by atoms with Crippen molar-refractivity contribution >= 4 is 62.9 Å². The highest BCUT2D eigenvalue weighted by molar-refractivity contribution is 7.99. The monoisotopic (exact) mass is 431 g/mol. The lowest BCUT2D eigenvalue weighted by Gasteiger charge is -2.06. The van der Waals surface area contributed by atoms with Gasteiger partial charge in [0.1, 0.15) is 5.52 Å². The van der Waals surface area contributed by atoms with Crippen LogP contribution in [0.15, 0.2) is 47.6 Å². The van der Waals surface area contributed by atoms with Gasteiger partial charge >= 0.3 is 0 Å². The van der Waals surface area contributed by atoms with E-state index in [1.54, 1.807) is 12.1 Å². The normalized spacial score (nSPS) is 11.2. The Morgan fingerprint density at radius 1 is 1.14 bits per heavy atom. The first-order valence-electron chi connectivity index (χ1n) is 8.55. The molecule has 0 saturated heterocycles. The van der Waals surface area contributed by atoms with Crippen molar-refractivity contribution < 1.29 is 4.79 Å². The van der Waals surface area contributed by atoms with Gasteiger partial charge < -0.3 is 10.3 Å². The van der Waals surface area contributed by atoms with E-state index in [-0.39, 0.29) is 11.7 Å². The number of aromatic amines is 1. The molecule has 0 saturated carbocycles. The smallest absolute Gasteiger partial charge is 0.230 e. The number of hydrogen-bond acceptors (Lipinski definition) is 5. The predicted octanol–water partition coefficient (Wildman–Crippen LogP) is 4.26. The van der Waals surface area contributed by atoms with Gasteiger partial charge in [0, 0.05) is 27.5 Å². The van der Waals surface area contributed by atoms with E-state index in [2.05, 4.69) is 25.5 Å². The maximum Gasteiger partial charge on any atom is 0.230 e. The summed E-state index contributed by atoms with van der Waals surface area (Å²) in [6, 6.07) is 13.2. The Bertz CT molecular complexity index is 1160. The van der Waals surface area contributed by atoms with Crippen molar-refractivity contribution in [3.63, 3.8) is 0 Å². The van der Waals surface area contributed by atoms with Crippen LogP contribution in [0.5, 0.6) is 0 Å². The van der Waals surface area contributed by atoms with Gasteiger partial charge in [0.2, 0.25) is 11.1 Å². The second kappa shape index (κ2) is 8.34. The second-order valence-corrected chi connectivity index (χ2v) is 7.87. The molecule has 0 bridgehead atoms. The summed E-state index contributed by atoms with van der Waals surface area (Å²) in [6.45, 7) is 0.487. The van der Waals surface area contributed by atoms with Gasteiger partial charge in [-0.05, 0) is 30.2 Å². The number of nitrogens with zero attached hydrogens (tertiary/aromatic N) is 3. The number of H-pyrrole nitrogens is 1. The molecule has 9 heteroatoms. The predicted molar refractivity (Wildman–Crippen MR) is 113 cm³/mol. The number of hydrogen-bond donors (Lipinski definition) is 2. The number of rotatable bonds is 6. The molecule has 0 atom stereocenters. The van der Waals surface area contributed by atoms with Gasteiger partial charge in [-0.1, -0.05) is 59.2 Å². The summed E-state index contributed by atoms with van der Waals surface area (Å²) in [4.78, 5) is 19.8. The number of para-hydroxylation sites is 1. The third kappa shape index (κ3) is 4.22. The summed E-state index contributed by atoms with van der Waals surface area (Å²) >= 11 is 13.3. The second-order valence-electron chi connectivity index (χ2n) is 6.09. The van der Waals surface area contributed by atoms with E-state index in [0.29, 0.717) is 33.8 Å². The van der Waals surface area contributed by atoms with Gasteiger partial charge in [-0.3, -0.25) is 4.79 Å². The summed E-state index contributed by atoms with van der Waals surface area (Å²) in [6.07, 6.45) is 0.630. The number of nitrogens with one attached hydrogen (secondary N) is 2. The van der Waals surface area contributed by atoms with E-state index >= 15 is 0 Å². The van der Waals surface area contributed by atoms with Crippen LogP contribution in [0.3, 0.4) is 0 Å². The van der Waals surface area contributed by atoms with Crippen LogP contribution in [0, 0.1) is 0 Å². The fourth-order valence-corrected chi connectivity index (χ4v) is 3.93. The van der Waals surface area contributed by atoms with Gasteiger partial charge in [-0.15, -0.1) is 10.2 Å². The summed E-state index contributed by atoms with van der Waals surface area (Å²) in [5, 5.41) is 13.9. The van der Waals surface area contributed by atoms with Gasteiger partial charge in [0.25, 0.3) is 0 Å². The minimum absolute atomic E-state index is 0.101. The number of halogens is 2. The van der Waals surface area contributed by atoms with Crippen LogP contribution >= 0.6 is 35.0 Å². The van der Waals surface area contributed by atoms with Crippen LogP contribution in [0.4, 0.5) is 0 Å². The molecule has 1 amide bonds. The Labute approximate surface area is 175 Å². The zero-order valence-electron chi connectivity index (χ0n) is 14.6. The largest absolute Gasteiger partial charge is 0.355 e. The lowest BCUT2D eigenvalue weighted by atomic mass is 10.1. The van der Waals surface area contributed by atoms with Gasteiger partial charge in [-0.25, -0.2) is 4.98 Å². The van der Waals surface area contributed by atoms with Crippen molar-refractivity contribution in [1.82, 2.24) is 25.5 Å². The van der Waals surface area contributed by atoms with Crippen molar-refractivity contribution in [3.05, 3.63) is 58.1 Å². The molecule has 0 fully saturated rings. The molecule has 142 valence electrons. The molecule has 28 heavy (non-hydrogen) atoms. The summed E-state index contributed by atoms with van der Waals surface area (Å²) in [7, 11) is 0. The summed E-state index contributed by atoms with van der Waals surface area (Å²) in [5.41, 5.74) is 3.29. The lowest BCUT2D eigenvalue weighted by Crippen LogP contribution is -2.27. The van der Waals surface area contributed by atoms with Gasteiger partial charge in [0.05, 0.1) is 5.75 Å². The molecular weight excluding hydrogens is 417 g/mol. The van der Waals surface area contributed by atoms with Gasteiger partial charge in [0.15, 0.2) is 5.65 Å². The molecule has 0 aliphatic rings. The molecule has 4 aromatic rings. The highest BCUT2D eigenvalue weighted by Crippen LogP contribution is 2.23. The van der Waals surface area contributed by atoms with E-state index < -0.39 is 0 Å². The first-order valence-corrected chi connectivity index (χ1v) is 10.3. The van der Waals surface area contributed by atoms with Crippen LogP contribution in [-0.4, -0.2) is 38.4 Å². The highest BCUT2D eigenvalue weighted by Gasteiger charge is 2.11. The Morgan fingerprint density at radius 3 is 2.86 bits per heavy atom. The average Bonchev–Trinajstić information content (AvgIpc) is 3.06. The lowest BCUT2D eigenvalue weighted by molar-refractivity contribution is -0.118. The van der Waals surface area contributed by atoms with E-state index in [1.165, 1.54) is 11.8 Å². The minimum atomic E-state index is -0.101.